The molecule has 0 saturated heterocycles. The fraction of sp³-hybridized carbons (Fsp3) is 0.476. The van der Waals surface area contributed by atoms with Crippen molar-refractivity contribution in [1.82, 2.24) is 4.98 Å². The molecule has 1 aromatic heterocycles. The second-order valence-corrected chi connectivity index (χ2v) is 6.97. The maximum absolute atomic E-state index is 11.5. The van der Waals surface area contributed by atoms with E-state index in [4.69, 9.17) is 10.5 Å². The van der Waals surface area contributed by atoms with Gasteiger partial charge in [0.15, 0.2) is 5.69 Å². The average molecular weight is 391 g/mol. The summed E-state index contributed by atoms with van der Waals surface area (Å²) in [6.45, 7) is 6.66. The summed E-state index contributed by atoms with van der Waals surface area (Å²) >= 11 is 1.46. The van der Waals surface area contributed by atoms with Crippen LogP contribution in [0.25, 0.3) is 10.6 Å². The monoisotopic (exact) mass is 390 g/mol. The van der Waals surface area contributed by atoms with E-state index in [9.17, 15) is 9.59 Å². The van der Waals surface area contributed by atoms with Crippen molar-refractivity contribution < 1.29 is 14.3 Å². The van der Waals surface area contributed by atoms with Gasteiger partial charge in [0.05, 0.1) is 6.61 Å². The molecule has 0 aliphatic rings. The number of aromatic nitrogens is 1. The average Bonchev–Trinajstić information content (AvgIpc) is 3.16. The van der Waals surface area contributed by atoms with Crippen LogP contribution in [0.4, 0.5) is 0 Å². The summed E-state index contributed by atoms with van der Waals surface area (Å²) in [5.74, 6) is -0.0720. The van der Waals surface area contributed by atoms with E-state index in [1.165, 1.54) is 16.9 Å². The Hall–Kier alpha value is -2.05. The number of ether oxygens (including phenoxy) is 1. The Bertz CT molecular complexity index is 696. The summed E-state index contributed by atoms with van der Waals surface area (Å²) in [6.07, 6.45) is 4.89. The van der Waals surface area contributed by atoms with E-state index in [0.717, 1.165) is 49.2 Å². The van der Waals surface area contributed by atoms with Crippen LogP contribution in [-0.2, 0) is 16.0 Å². The van der Waals surface area contributed by atoms with Gasteiger partial charge in [-0.2, -0.15) is 0 Å². The van der Waals surface area contributed by atoms with Crippen molar-refractivity contribution in [3.8, 4) is 10.6 Å². The molecule has 0 saturated carbocycles. The number of nitrogens with two attached hydrogens (primary N) is 1. The molecule has 0 amide bonds. The van der Waals surface area contributed by atoms with Gasteiger partial charge >= 0.3 is 5.97 Å². The van der Waals surface area contributed by atoms with E-state index in [2.05, 4.69) is 24.0 Å². The highest BCUT2D eigenvalue weighted by atomic mass is 32.1. The fourth-order valence-electron chi connectivity index (χ4n) is 2.28. The molecule has 0 spiro atoms. The van der Waals surface area contributed by atoms with Gasteiger partial charge in [0.1, 0.15) is 10.8 Å². The molecule has 0 aliphatic heterocycles. The normalized spacial score (nSPS) is 10.1. The topological polar surface area (TPSA) is 82.3 Å². The number of unbranched alkanes of at least 4 members (excludes halogenated alkanes) is 2. The smallest absolute Gasteiger partial charge is 0.357 e. The van der Waals surface area contributed by atoms with E-state index in [0.29, 0.717) is 12.3 Å². The predicted molar refractivity (Wildman–Crippen MR) is 111 cm³/mol. The Morgan fingerprint density at radius 1 is 1.11 bits per heavy atom. The molecular weight excluding hydrogens is 360 g/mol. The number of aryl methyl sites for hydroxylation is 1. The molecule has 0 atom stereocenters. The van der Waals surface area contributed by atoms with Crippen molar-refractivity contribution >= 4 is 23.1 Å². The molecule has 0 fully saturated rings. The summed E-state index contributed by atoms with van der Waals surface area (Å²) in [6, 6.07) is 8.24. The second kappa shape index (κ2) is 13.2. The highest BCUT2D eigenvalue weighted by molar-refractivity contribution is 7.13. The van der Waals surface area contributed by atoms with Crippen LogP contribution in [0.15, 0.2) is 29.6 Å². The third-order valence-corrected chi connectivity index (χ3v) is 4.72. The highest BCUT2D eigenvalue weighted by Crippen LogP contribution is 2.24. The van der Waals surface area contributed by atoms with Gasteiger partial charge in [-0.15, -0.1) is 11.3 Å². The van der Waals surface area contributed by atoms with Gasteiger partial charge in [0.25, 0.3) is 0 Å². The molecule has 5 nitrogen and oxygen atoms in total. The summed E-state index contributed by atoms with van der Waals surface area (Å²) in [7, 11) is 0. The number of rotatable bonds is 9. The first kappa shape index (κ1) is 23.0. The maximum atomic E-state index is 11.5. The van der Waals surface area contributed by atoms with Crippen LogP contribution < -0.4 is 5.73 Å². The van der Waals surface area contributed by atoms with Gasteiger partial charge in [-0.25, -0.2) is 9.78 Å². The zero-order valence-corrected chi connectivity index (χ0v) is 17.3. The molecule has 0 bridgehead atoms. The van der Waals surface area contributed by atoms with Gasteiger partial charge < -0.3 is 15.3 Å². The van der Waals surface area contributed by atoms with Crippen LogP contribution in [0.5, 0.6) is 0 Å². The van der Waals surface area contributed by atoms with Crippen LogP contribution in [0.3, 0.4) is 0 Å². The number of thiazole rings is 1. The van der Waals surface area contributed by atoms with E-state index in [-0.39, 0.29) is 11.8 Å². The molecule has 0 unspecified atom stereocenters. The zero-order chi connectivity index (χ0) is 20.1. The van der Waals surface area contributed by atoms with E-state index < -0.39 is 0 Å². The maximum Gasteiger partial charge on any atom is 0.357 e. The van der Waals surface area contributed by atoms with Crippen molar-refractivity contribution in [2.24, 2.45) is 5.73 Å². The first-order valence-corrected chi connectivity index (χ1v) is 10.3. The van der Waals surface area contributed by atoms with Crippen LogP contribution in [-0.4, -0.2) is 29.9 Å². The number of nitrogens with zero attached hydrogens (tertiary/aromatic N) is 1. The van der Waals surface area contributed by atoms with E-state index >= 15 is 0 Å². The molecule has 148 valence electrons. The van der Waals surface area contributed by atoms with Crippen LogP contribution in [0.2, 0.25) is 0 Å². The van der Waals surface area contributed by atoms with E-state index in [1.54, 1.807) is 19.2 Å². The Labute approximate surface area is 166 Å². The van der Waals surface area contributed by atoms with Crippen molar-refractivity contribution in [3.63, 3.8) is 0 Å². The minimum atomic E-state index is -0.356. The molecule has 0 aliphatic carbocycles. The number of carbonyl (C=O) groups is 2. The minimum Gasteiger partial charge on any atom is -0.461 e. The van der Waals surface area contributed by atoms with Crippen LogP contribution in [0, 0.1) is 0 Å². The molecule has 1 aromatic carbocycles. The lowest BCUT2D eigenvalue weighted by molar-refractivity contribution is -0.117. The molecule has 0 radical (unpaired) electrons. The summed E-state index contributed by atoms with van der Waals surface area (Å²) in [5.41, 5.74) is 7.97. The number of esters is 1. The number of benzene rings is 1. The number of hydrogen-bond acceptors (Lipinski definition) is 6. The summed E-state index contributed by atoms with van der Waals surface area (Å²) in [5, 5.41) is 2.59. The van der Waals surface area contributed by atoms with Gasteiger partial charge in [-0.05, 0) is 45.2 Å². The molecule has 1 heterocycles. The third kappa shape index (κ3) is 8.93. The predicted octanol–water partition coefficient (Wildman–Crippen LogP) is 4.64. The molecule has 2 aromatic rings. The quantitative estimate of drug-likeness (QED) is 0.498. The fourth-order valence-corrected chi connectivity index (χ4v) is 3.08. The molecule has 27 heavy (non-hydrogen) atoms. The zero-order valence-electron chi connectivity index (χ0n) is 16.5. The largest absolute Gasteiger partial charge is 0.461 e. The van der Waals surface area contributed by atoms with Crippen LogP contribution in [0.1, 0.15) is 62.5 Å². The van der Waals surface area contributed by atoms with Gasteiger partial charge in [-0.1, -0.05) is 37.6 Å². The summed E-state index contributed by atoms with van der Waals surface area (Å²) < 4.78 is 4.92. The lowest BCUT2D eigenvalue weighted by atomic mass is 10.1. The second-order valence-electron chi connectivity index (χ2n) is 6.11. The van der Waals surface area contributed by atoms with Crippen molar-refractivity contribution in [2.45, 2.75) is 52.9 Å². The lowest BCUT2D eigenvalue weighted by Gasteiger charge is -1.99. The van der Waals surface area contributed by atoms with Crippen molar-refractivity contribution in [1.29, 1.82) is 0 Å². The van der Waals surface area contributed by atoms with Gasteiger partial charge in [0.2, 0.25) is 0 Å². The Morgan fingerprint density at radius 2 is 1.81 bits per heavy atom. The molecule has 2 rings (SSSR count). The standard InChI is InChI=1S/C14H15NO2S.C7H15NO/c1-3-10-5-7-11(8-6-10)13-15-12(9-18-13)14(16)17-4-2;1-7(9)5-3-2-4-6-8/h5-9H,3-4H2,1-2H3;2-6,8H2,1H3. The Morgan fingerprint density at radius 3 is 2.37 bits per heavy atom. The highest BCUT2D eigenvalue weighted by Gasteiger charge is 2.12. The Balaban J connectivity index is 0.000000345. The number of ketones is 1. The number of Topliss-reactive ketones (excluding diaryl/α,β-unsaturated/α-hetero) is 1. The molecule has 2 N–H and O–H groups in total. The van der Waals surface area contributed by atoms with Crippen molar-refractivity contribution in [3.05, 3.63) is 40.9 Å². The first-order valence-electron chi connectivity index (χ1n) is 9.43. The third-order valence-electron chi connectivity index (χ3n) is 3.83. The summed E-state index contributed by atoms with van der Waals surface area (Å²) in [4.78, 5) is 26.2. The van der Waals surface area contributed by atoms with Gasteiger partial charge in [-0.3, -0.25) is 0 Å². The SMILES string of the molecule is CC(=O)CCCCCN.CCOC(=O)c1csc(-c2ccc(CC)cc2)n1. The van der Waals surface area contributed by atoms with E-state index in [1.807, 2.05) is 12.1 Å². The molecular formula is C21H30N2O3S. The minimum absolute atomic E-state index is 0.284. The first-order chi connectivity index (χ1) is 13.0. The number of hydrogen-bond donors (Lipinski definition) is 1. The van der Waals surface area contributed by atoms with Gasteiger partial charge in [0, 0.05) is 17.4 Å². The van der Waals surface area contributed by atoms with Crippen molar-refractivity contribution in [2.75, 3.05) is 13.2 Å². The Kier molecular flexibility index (Phi) is 11.2. The number of carbonyl (C=O) groups excluding carboxylic acids is 2. The molecule has 6 heteroatoms. The van der Waals surface area contributed by atoms with Crippen LogP contribution >= 0.6 is 11.3 Å². The lowest BCUT2D eigenvalue weighted by Crippen LogP contribution is -2.04.